The van der Waals surface area contributed by atoms with Crippen molar-refractivity contribution in [1.29, 1.82) is 0 Å². The van der Waals surface area contributed by atoms with E-state index in [0.717, 1.165) is 18.9 Å². The second kappa shape index (κ2) is 5.82. The van der Waals surface area contributed by atoms with Crippen LogP contribution in [0.3, 0.4) is 0 Å². The van der Waals surface area contributed by atoms with Crippen LogP contribution in [0, 0.1) is 5.41 Å². The smallest absolute Gasteiger partial charge is 0.141 e. The summed E-state index contributed by atoms with van der Waals surface area (Å²) in [6, 6.07) is 0.781. The third-order valence-corrected chi connectivity index (χ3v) is 5.23. The second-order valence-electron chi connectivity index (χ2n) is 6.29. The molecule has 112 valence electrons. The largest absolute Gasteiger partial charge is 0.378 e. The summed E-state index contributed by atoms with van der Waals surface area (Å²) in [5.41, 5.74) is 0.364. The van der Waals surface area contributed by atoms with Gasteiger partial charge in [0, 0.05) is 18.1 Å². The zero-order valence-electron chi connectivity index (χ0n) is 12.6. The Bertz CT molecular complexity index is 414. The molecule has 2 aliphatic rings. The minimum atomic E-state index is 0.226. The van der Waals surface area contributed by atoms with Gasteiger partial charge in [-0.3, -0.25) is 5.10 Å². The fourth-order valence-corrected chi connectivity index (χ4v) is 4.10. The van der Waals surface area contributed by atoms with E-state index in [-0.39, 0.29) is 6.04 Å². The number of aromatic amines is 1. The zero-order chi connectivity index (χ0) is 14.0. The summed E-state index contributed by atoms with van der Waals surface area (Å²) < 4.78 is 6.00. The van der Waals surface area contributed by atoms with Crippen molar-refractivity contribution in [3.05, 3.63) is 12.2 Å². The molecule has 2 aliphatic carbocycles. The van der Waals surface area contributed by atoms with Crippen LogP contribution in [0.5, 0.6) is 0 Å². The molecular weight excluding hydrogens is 252 g/mol. The van der Waals surface area contributed by atoms with Crippen molar-refractivity contribution in [3.63, 3.8) is 0 Å². The maximum atomic E-state index is 6.00. The molecule has 3 unspecified atom stereocenters. The van der Waals surface area contributed by atoms with Crippen LogP contribution in [0.1, 0.15) is 64.2 Å². The van der Waals surface area contributed by atoms with Crippen molar-refractivity contribution in [1.82, 2.24) is 20.5 Å². The van der Waals surface area contributed by atoms with Gasteiger partial charge in [0.2, 0.25) is 0 Å². The number of ether oxygens (including phenoxy) is 1. The fourth-order valence-electron chi connectivity index (χ4n) is 4.10. The lowest BCUT2D eigenvalue weighted by Crippen LogP contribution is -2.64. The monoisotopic (exact) mass is 278 g/mol. The zero-order valence-corrected chi connectivity index (χ0v) is 12.6. The Balaban J connectivity index is 1.67. The first-order valence-corrected chi connectivity index (χ1v) is 7.99. The highest BCUT2D eigenvalue weighted by molar-refractivity contribution is 5.10. The molecule has 5 nitrogen and oxygen atoms in total. The van der Waals surface area contributed by atoms with Gasteiger partial charge in [-0.15, -0.1) is 0 Å². The Labute approximate surface area is 120 Å². The van der Waals surface area contributed by atoms with E-state index in [9.17, 15) is 0 Å². The summed E-state index contributed by atoms with van der Waals surface area (Å²) in [5, 5.41) is 10.7. The standard InChI is InChI=1S/C15H26N4O/c1-3-20-13-9-12(15(13)7-5-4-6-8-15)18-11(2)14-16-10-17-19-14/h10-13,18H,3-9H2,1-2H3,(H,16,17,19). The van der Waals surface area contributed by atoms with E-state index in [2.05, 4.69) is 34.3 Å². The number of hydrogen-bond acceptors (Lipinski definition) is 4. The highest BCUT2D eigenvalue weighted by Crippen LogP contribution is 2.53. The van der Waals surface area contributed by atoms with Crippen LogP contribution in [0.15, 0.2) is 6.33 Å². The van der Waals surface area contributed by atoms with E-state index in [1.54, 1.807) is 6.33 Å². The van der Waals surface area contributed by atoms with Crippen LogP contribution in [-0.2, 0) is 4.74 Å². The Morgan fingerprint density at radius 2 is 2.25 bits per heavy atom. The lowest BCUT2D eigenvalue weighted by Gasteiger charge is -2.58. The van der Waals surface area contributed by atoms with Gasteiger partial charge in [0.15, 0.2) is 0 Å². The van der Waals surface area contributed by atoms with Crippen LogP contribution in [0.4, 0.5) is 0 Å². The third kappa shape index (κ3) is 2.37. The number of aromatic nitrogens is 3. The quantitative estimate of drug-likeness (QED) is 0.869. The molecule has 1 aromatic rings. The molecule has 0 bridgehead atoms. The minimum absolute atomic E-state index is 0.226. The van der Waals surface area contributed by atoms with E-state index in [1.165, 1.54) is 32.1 Å². The van der Waals surface area contributed by atoms with Crippen LogP contribution in [0.25, 0.3) is 0 Å². The molecule has 20 heavy (non-hydrogen) atoms. The lowest BCUT2D eigenvalue weighted by molar-refractivity contribution is -0.152. The minimum Gasteiger partial charge on any atom is -0.378 e. The maximum Gasteiger partial charge on any atom is 0.141 e. The molecule has 1 aromatic heterocycles. The van der Waals surface area contributed by atoms with Crippen molar-refractivity contribution in [2.24, 2.45) is 5.41 Å². The average molecular weight is 278 g/mol. The summed E-state index contributed by atoms with van der Waals surface area (Å²) >= 11 is 0. The highest BCUT2D eigenvalue weighted by Gasteiger charge is 2.55. The molecule has 2 N–H and O–H groups in total. The molecule has 2 fully saturated rings. The number of hydrogen-bond donors (Lipinski definition) is 2. The maximum absolute atomic E-state index is 6.00. The van der Waals surface area contributed by atoms with E-state index in [0.29, 0.717) is 17.6 Å². The molecule has 2 saturated carbocycles. The Hall–Kier alpha value is -0.940. The summed E-state index contributed by atoms with van der Waals surface area (Å²) in [6.45, 7) is 5.09. The van der Waals surface area contributed by atoms with Crippen LogP contribution < -0.4 is 5.32 Å². The SMILES string of the molecule is CCOC1CC(NC(C)c2ncn[nH]2)C12CCCCC2. The van der Waals surface area contributed by atoms with Gasteiger partial charge in [-0.25, -0.2) is 4.98 Å². The molecule has 0 aromatic carbocycles. The van der Waals surface area contributed by atoms with Gasteiger partial charge in [0.25, 0.3) is 0 Å². The summed E-state index contributed by atoms with van der Waals surface area (Å²) in [6.07, 6.45) is 9.84. The molecule has 0 amide bonds. The molecule has 3 atom stereocenters. The van der Waals surface area contributed by atoms with Gasteiger partial charge >= 0.3 is 0 Å². The highest BCUT2D eigenvalue weighted by atomic mass is 16.5. The van der Waals surface area contributed by atoms with Gasteiger partial charge < -0.3 is 10.1 Å². The van der Waals surface area contributed by atoms with E-state index in [4.69, 9.17) is 4.74 Å². The first kappa shape index (κ1) is 14.0. The molecule has 3 rings (SSSR count). The number of rotatable bonds is 5. The first-order chi connectivity index (χ1) is 9.76. The number of H-pyrrole nitrogens is 1. The summed E-state index contributed by atoms with van der Waals surface area (Å²) in [4.78, 5) is 4.26. The Kier molecular flexibility index (Phi) is 4.08. The predicted molar refractivity (Wildman–Crippen MR) is 77.3 cm³/mol. The van der Waals surface area contributed by atoms with Crippen LogP contribution in [0.2, 0.25) is 0 Å². The van der Waals surface area contributed by atoms with Crippen molar-refractivity contribution in [3.8, 4) is 0 Å². The molecular formula is C15H26N4O. The Morgan fingerprint density at radius 1 is 1.45 bits per heavy atom. The van der Waals surface area contributed by atoms with Gasteiger partial charge in [0.05, 0.1) is 12.1 Å². The van der Waals surface area contributed by atoms with Crippen molar-refractivity contribution < 1.29 is 4.74 Å². The van der Waals surface area contributed by atoms with Crippen LogP contribution >= 0.6 is 0 Å². The van der Waals surface area contributed by atoms with E-state index >= 15 is 0 Å². The van der Waals surface area contributed by atoms with Crippen molar-refractivity contribution in [2.75, 3.05) is 6.61 Å². The third-order valence-electron chi connectivity index (χ3n) is 5.23. The molecule has 1 spiro atoms. The topological polar surface area (TPSA) is 62.8 Å². The summed E-state index contributed by atoms with van der Waals surface area (Å²) in [7, 11) is 0. The van der Waals surface area contributed by atoms with Crippen LogP contribution in [-0.4, -0.2) is 33.9 Å². The molecule has 0 saturated heterocycles. The first-order valence-electron chi connectivity index (χ1n) is 7.99. The second-order valence-corrected chi connectivity index (χ2v) is 6.29. The van der Waals surface area contributed by atoms with E-state index in [1.807, 2.05) is 0 Å². The average Bonchev–Trinajstić information content (AvgIpc) is 3.01. The Morgan fingerprint density at radius 3 is 2.90 bits per heavy atom. The number of nitrogens with one attached hydrogen (secondary N) is 2. The van der Waals surface area contributed by atoms with Crippen molar-refractivity contribution in [2.45, 2.75) is 70.6 Å². The van der Waals surface area contributed by atoms with Gasteiger partial charge in [0.1, 0.15) is 12.2 Å². The molecule has 1 heterocycles. The molecule has 0 aliphatic heterocycles. The predicted octanol–water partition coefficient (Wildman–Crippen LogP) is 2.58. The summed E-state index contributed by atoms with van der Waals surface area (Å²) in [5.74, 6) is 0.927. The fraction of sp³-hybridized carbons (Fsp3) is 0.867. The van der Waals surface area contributed by atoms with Gasteiger partial charge in [-0.2, -0.15) is 5.10 Å². The van der Waals surface area contributed by atoms with Gasteiger partial charge in [-0.1, -0.05) is 19.3 Å². The molecule has 0 radical (unpaired) electrons. The van der Waals surface area contributed by atoms with E-state index < -0.39 is 0 Å². The van der Waals surface area contributed by atoms with Crippen molar-refractivity contribution >= 4 is 0 Å². The molecule has 5 heteroatoms. The van der Waals surface area contributed by atoms with Gasteiger partial charge in [-0.05, 0) is 33.1 Å². The normalized spacial score (nSPS) is 30.1. The number of nitrogens with zero attached hydrogens (tertiary/aromatic N) is 2. The lowest BCUT2D eigenvalue weighted by atomic mass is 9.55.